The van der Waals surface area contributed by atoms with Crippen molar-refractivity contribution in [2.24, 2.45) is 0 Å². The van der Waals surface area contributed by atoms with Crippen molar-refractivity contribution in [2.45, 2.75) is 32.2 Å². The second-order valence-electron chi connectivity index (χ2n) is 12.0. The van der Waals surface area contributed by atoms with E-state index < -0.39 is 0 Å². The third kappa shape index (κ3) is 5.76. The first-order chi connectivity index (χ1) is 22.2. The molecule has 0 radical (unpaired) electrons. The van der Waals surface area contributed by atoms with Crippen LogP contribution in [-0.2, 0) is 6.54 Å². The van der Waals surface area contributed by atoms with Crippen molar-refractivity contribution in [1.82, 2.24) is 44.9 Å². The Bertz CT molecular complexity index is 1970. The summed E-state index contributed by atoms with van der Waals surface area (Å²) in [6, 6.07) is 10.8. The summed E-state index contributed by atoms with van der Waals surface area (Å²) in [5, 5.41) is 8.57. The van der Waals surface area contributed by atoms with Gasteiger partial charge in [0.15, 0.2) is 5.82 Å². The summed E-state index contributed by atoms with van der Waals surface area (Å²) in [6.07, 6.45) is 12.2. The number of hydrogen-bond acceptors (Lipinski definition) is 8. The molecule has 7 heterocycles. The molecule has 2 N–H and O–H groups in total. The minimum atomic E-state index is -0.379. The summed E-state index contributed by atoms with van der Waals surface area (Å²) in [4.78, 5) is 27.0. The second-order valence-corrected chi connectivity index (χ2v) is 12.0. The molecule has 1 aromatic carbocycles. The van der Waals surface area contributed by atoms with Crippen LogP contribution in [0.5, 0.6) is 5.75 Å². The molecule has 0 unspecified atom stereocenters. The maximum Gasteiger partial charge on any atom is 0.159 e. The lowest BCUT2D eigenvalue weighted by Crippen LogP contribution is -2.25. The molecule has 2 fully saturated rings. The summed E-state index contributed by atoms with van der Waals surface area (Å²) in [7, 11) is 0. The van der Waals surface area contributed by atoms with Gasteiger partial charge in [0.2, 0.25) is 0 Å². The lowest BCUT2D eigenvalue weighted by molar-refractivity contribution is 0.237. The number of hydrogen-bond donors (Lipinski definition) is 2. The summed E-state index contributed by atoms with van der Waals surface area (Å²) < 4.78 is 20.7. The van der Waals surface area contributed by atoms with Crippen molar-refractivity contribution < 1.29 is 9.13 Å². The third-order valence-corrected chi connectivity index (χ3v) is 8.79. The van der Waals surface area contributed by atoms with E-state index in [0.29, 0.717) is 40.6 Å². The number of aromatic amines is 2. The Kier molecular flexibility index (Phi) is 7.40. The fourth-order valence-corrected chi connectivity index (χ4v) is 6.51. The molecule has 0 amide bonds. The zero-order chi connectivity index (χ0) is 30.2. The van der Waals surface area contributed by atoms with E-state index in [1.54, 1.807) is 12.4 Å². The van der Waals surface area contributed by atoms with Crippen LogP contribution in [0.15, 0.2) is 61.2 Å². The van der Waals surface area contributed by atoms with Crippen LogP contribution in [0.1, 0.15) is 31.2 Å². The molecule has 2 aliphatic rings. The van der Waals surface area contributed by atoms with Gasteiger partial charge in [-0.05, 0) is 87.8 Å². The van der Waals surface area contributed by atoms with Crippen molar-refractivity contribution in [2.75, 3.05) is 39.3 Å². The number of imidazole rings is 1. The Hall–Kier alpha value is -4.74. The number of fused-ring (bicyclic) bond motifs is 2. The molecule has 228 valence electrons. The highest BCUT2D eigenvalue weighted by atomic mass is 19.1. The lowest BCUT2D eigenvalue weighted by Gasteiger charge is -2.15. The third-order valence-electron chi connectivity index (χ3n) is 8.79. The highest BCUT2D eigenvalue weighted by molar-refractivity contribution is 5.96. The Morgan fingerprint density at radius 2 is 1.67 bits per heavy atom. The van der Waals surface area contributed by atoms with Crippen LogP contribution in [0.3, 0.4) is 0 Å². The van der Waals surface area contributed by atoms with Gasteiger partial charge >= 0.3 is 0 Å². The van der Waals surface area contributed by atoms with Gasteiger partial charge in [-0.25, -0.2) is 9.37 Å². The standard InChI is InChI=1S/C34H34FN9O/c35-25-14-23(15-26(16-25)45-12-11-43-7-1-2-8-43)31-33-28(5-6-37-31)39-34(40-33)32-27-17-29(38-20-30(27)41-42-32)24-13-22(18-36-19-24)21-44-9-3-4-10-44/h5-6,13-20H,1-4,7-12,21H2,(H,39,40)(H,41,42). The fraction of sp³-hybridized carbons (Fsp3) is 0.324. The van der Waals surface area contributed by atoms with Crippen LogP contribution in [-0.4, -0.2) is 84.2 Å². The number of aromatic nitrogens is 7. The minimum Gasteiger partial charge on any atom is -0.492 e. The highest BCUT2D eigenvalue weighted by Gasteiger charge is 2.19. The van der Waals surface area contributed by atoms with E-state index in [-0.39, 0.29) is 5.82 Å². The van der Waals surface area contributed by atoms with Crippen LogP contribution < -0.4 is 4.74 Å². The summed E-state index contributed by atoms with van der Waals surface area (Å²) in [5.41, 5.74) is 7.01. The predicted molar refractivity (Wildman–Crippen MR) is 171 cm³/mol. The van der Waals surface area contributed by atoms with E-state index >= 15 is 0 Å². The number of likely N-dealkylation sites (tertiary alicyclic amines) is 2. The molecule has 10 nitrogen and oxygen atoms in total. The van der Waals surface area contributed by atoms with E-state index in [2.05, 4.69) is 41.0 Å². The number of rotatable bonds is 9. The summed E-state index contributed by atoms with van der Waals surface area (Å²) in [5.74, 6) is 0.689. The molecule has 0 spiro atoms. The molecule has 2 aliphatic heterocycles. The van der Waals surface area contributed by atoms with Crippen molar-refractivity contribution in [3.63, 3.8) is 0 Å². The van der Waals surface area contributed by atoms with Gasteiger partial charge in [-0.3, -0.25) is 29.9 Å². The van der Waals surface area contributed by atoms with Crippen LogP contribution in [0.25, 0.3) is 56.0 Å². The Morgan fingerprint density at radius 1 is 0.822 bits per heavy atom. The minimum absolute atomic E-state index is 0.379. The van der Waals surface area contributed by atoms with Gasteiger partial charge in [0.1, 0.15) is 29.4 Å². The molecule has 0 atom stereocenters. The first-order valence-electron chi connectivity index (χ1n) is 15.7. The molecule has 0 aliphatic carbocycles. The molecule has 2 saturated heterocycles. The van der Waals surface area contributed by atoms with Gasteiger partial charge in [0, 0.05) is 54.3 Å². The van der Waals surface area contributed by atoms with E-state index in [4.69, 9.17) is 14.7 Å². The Labute approximate surface area is 259 Å². The van der Waals surface area contributed by atoms with Crippen molar-refractivity contribution in [3.05, 3.63) is 72.6 Å². The molecule has 5 aromatic heterocycles. The number of H-pyrrole nitrogens is 2. The summed E-state index contributed by atoms with van der Waals surface area (Å²) in [6.45, 7) is 6.69. The largest absolute Gasteiger partial charge is 0.492 e. The number of nitrogens with one attached hydrogen (secondary N) is 2. The number of pyridine rings is 3. The van der Waals surface area contributed by atoms with Gasteiger partial charge in [0.25, 0.3) is 0 Å². The van der Waals surface area contributed by atoms with Crippen molar-refractivity contribution in [1.29, 1.82) is 0 Å². The molecule has 0 saturated carbocycles. The van der Waals surface area contributed by atoms with Gasteiger partial charge in [-0.15, -0.1) is 0 Å². The van der Waals surface area contributed by atoms with Gasteiger partial charge < -0.3 is 9.72 Å². The van der Waals surface area contributed by atoms with Gasteiger partial charge in [-0.1, -0.05) is 0 Å². The van der Waals surface area contributed by atoms with Crippen LogP contribution in [0, 0.1) is 5.82 Å². The average molecular weight is 604 g/mol. The van der Waals surface area contributed by atoms with Crippen LogP contribution in [0.2, 0.25) is 0 Å². The van der Waals surface area contributed by atoms with Crippen LogP contribution >= 0.6 is 0 Å². The average Bonchev–Trinajstić information content (AvgIpc) is 3.88. The molecule has 6 aromatic rings. The number of ether oxygens (including phenoxy) is 1. The molecule has 45 heavy (non-hydrogen) atoms. The zero-order valence-corrected chi connectivity index (χ0v) is 25.0. The maximum atomic E-state index is 14.8. The van der Waals surface area contributed by atoms with Crippen LogP contribution in [0.4, 0.5) is 4.39 Å². The van der Waals surface area contributed by atoms with Gasteiger partial charge in [0.05, 0.1) is 28.6 Å². The Morgan fingerprint density at radius 3 is 2.53 bits per heavy atom. The van der Waals surface area contributed by atoms with Gasteiger partial charge in [-0.2, -0.15) is 5.10 Å². The number of nitrogens with zero attached hydrogens (tertiary/aromatic N) is 7. The smallest absolute Gasteiger partial charge is 0.159 e. The normalized spacial score (nSPS) is 15.9. The van der Waals surface area contributed by atoms with E-state index in [1.165, 1.54) is 43.4 Å². The Balaban J connectivity index is 1.09. The molecular weight excluding hydrogens is 569 g/mol. The molecule has 11 heteroatoms. The molecule has 0 bridgehead atoms. The zero-order valence-electron chi connectivity index (χ0n) is 25.0. The second kappa shape index (κ2) is 12.0. The first-order valence-corrected chi connectivity index (χ1v) is 15.7. The number of benzene rings is 1. The summed E-state index contributed by atoms with van der Waals surface area (Å²) >= 11 is 0. The predicted octanol–water partition coefficient (Wildman–Crippen LogP) is 5.83. The van der Waals surface area contributed by atoms with Crippen molar-refractivity contribution >= 4 is 21.9 Å². The SMILES string of the molecule is Fc1cc(OCCN2CCCC2)cc(-c2nccc3[nH]c(-c4n[nH]c5cnc(-c6cncc(CN7CCCC7)c6)cc45)nc23)c1. The topological polar surface area (TPSA) is 112 Å². The molecular formula is C34H34FN9O. The van der Waals surface area contributed by atoms with E-state index in [0.717, 1.165) is 66.9 Å². The highest BCUT2D eigenvalue weighted by Crippen LogP contribution is 2.33. The lowest BCUT2D eigenvalue weighted by atomic mass is 10.1. The maximum absolute atomic E-state index is 14.8. The number of halogens is 1. The molecule has 8 rings (SSSR count). The quantitative estimate of drug-likeness (QED) is 0.212. The fourth-order valence-electron chi connectivity index (χ4n) is 6.51. The van der Waals surface area contributed by atoms with Crippen molar-refractivity contribution in [3.8, 4) is 39.8 Å². The van der Waals surface area contributed by atoms with E-state index in [1.807, 2.05) is 30.6 Å². The monoisotopic (exact) mass is 603 g/mol. The van der Waals surface area contributed by atoms with E-state index in [9.17, 15) is 4.39 Å². The first kappa shape index (κ1) is 27.8.